The highest BCUT2D eigenvalue weighted by Crippen LogP contribution is 2.28. The summed E-state index contributed by atoms with van der Waals surface area (Å²) in [6, 6.07) is 10.5. The highest BCUT2D eigenvalue weighted by molar-refractivity contribution is 5.76. The second kappa shape index (κ2) is 6.25. The van der Waals surface area contributed by atoms with Crippen molar-refractivity contribution in [2.45, 2.75) is 25.9 Å². The van der Waals surface area contributed by atoms with Crippen molar-refractivity contribution < 1.29 is 4.74 Å². The van der Waals surface area contributed by atoms with E-state index in [1.54, 1.807) is 0 Å². The van der Waals surface area contributed by atoms with Crippen LogP contribution in [-0.4, -0.2) is 40.8 Å². The van der Waals surface area contributed by atoms with E-state index in [0.29, 0.717) is 6.54 Å². The molecule has 1 fully saturated rings. The average Bonchev–Trinajstić information content (AvgIpc) is 2.89. The Bertz CT molecular complexity index is 652. The van der Waals surface area contributed by atoms with Crippen molar-refractivity contribution in [3.63, 3.8) is 0 Å². The van der Waals surface area contributed by atoms with Crippen LogP contribution in [0.1, 0.15) is 25.2 Å². The molecule has 21 heavy (non-hydrogen) atoms. The van der Waals surface area contributed by atoms with Crippen LogP contribution in [0.2, 0.25) is 0 Å². The number of nitriles is 1. The zero-order valence-electron chi connectivity index (χ0n) is 12.3. The maximum Gasteiger partial charge on any atom is 0.128 e. The summed E-state index contributed by atoms with van der Waals surface area (Å²) in [7, 11) is 0. The van der Waals surface area contributed by atoms with Gasteiger partial charge in [-0.2, -0.15) is 5.26 Å². The van der Waals surface area contributed by atoms with Gasteiger partial charge in [0.2, 0.25) is 0 Å². The summed E-state index contributed by atoms with van der Waals surface area (Å²) >= 11 is 0. The number of benzene rings is 1. The summed E-state index contributed by atoms with van der Waals surface area (Å²) in [4.78, 5) is 7.22. The molecule has 0 spiro atoms. The average molecular weight is 284 g/mol. The molecule has 5 nitrogen and oxygen atoms in total. The molecular formula is C16H20N4O. The van der Waals surface area contributed by atoms with E-state index in [-0.39, 0.29) is 6.04 Å². The molecule has 1 atom stereocenters. The Balaban J connectivity index is 2.04. The molecule has 0 N–H and O–H groups in total. The van der Waals surface area contributed by atoms with E-state index in [1.807, 2.05) is 24.3 Å². The third kappa shape index (κ3) is 2.65. The van der Waals surface area contributed by atoms with Crippen molar-refractivity contribution in [2.75, 3.05) is 26.3 Å². The van der Waals surface area contributed by atoms with Gasteiger partial charge in [0.15, 0.2) is 0 Å². The fraction of sp³-hybridized carbons (Fsp3) is 0.500. The van der Waals surface area contributed by atoms with Crippen LogP contribution >= 0.6 is 0 Å². The van der Waals surface area contributed by atoms with Gasteiger partial charge in [0, 0.05) is 13.1 Å². The summed E-state index contributed by atoms with van der Waals surface area (Å²) < 4.78 is 7.50. The van der Waals surface area contributed by atoms with E-state index < -0.39 is 0 Å². The number of morpholine rings is 1. The Morgan fingerprint density at radius 3 is 2.81 bits per heavy atom. The van der Waals surface area contributed by atoms with Crippen LogP contribution < -0.4 is 0 Å². The second-order valence-corrected chi connectivity index (χ2v) is 5.28. The van der Waals surface area contributed by atoms with Crippen LogP contribution in [0.5, 0.6) is 0 Å². The van der Waals surface area contributed by atoms with Gasteiger partial charge < -0.3 is 9.30 Å². The number of aromatic nitrogens is 2. The maximum atomic E-state index is 9.15. The predicted molar refractivity (Wildman–Crippen MR) is 80.8 cm³/mol. The Labute approximate surface area is 124 Å². The molecule has 110 valence electrons. The molecule has 0 bridgehead atoms. The number of para-hydroxylation sites is 2. The molecule has 1 aliphatic heterocycles. The topological polar surface area (TPSA) is 54.1 Å². The monoisotopic (exact) mass is 284 g/mol. The predicted octanol–water partition coefficient (Wildman–Crippen LogP) is 2.34. The molecule has 0 radical (unpaired) electrons. The minimum absolute atomic E-state index is 0.245. The van der Waals surface area contributed by atoms with Gasteiger partial charge in [-0.25, -0.2) is 4.98 Å². The molecule has 0 aliphatic carbocycles. The van der Waals surface area contributed by atoms with Crippen LogP contribution in [-0.2, 0) is 11.3 Å². The third-order valence-electron chi connectivity index (χ3n) is 4.08. The van der Waals surface area contributed by atoms with Crippen molar-refractivity contribution in [1.29, 1.82) is 5.26 Å². The normalized spacial score (nSPS) is 17.7. The first-order valence-electron chi connectivity index (χ1n) is 7.49. The lowest BCUT2D eigenvalue weighted by atomic mass is 10.1. The molecule has 0 saturated carbocycles. The van der Waals surface area contributed by atoms with E-state index in [4.69, 9.17) is 15.0 Å². The summed E-state index contributed by atoms with van der Waals surface area (Å²) in [6.45, 7) is 5.92. The van der Waals surface area contributed by atoms with Gasteiger partial charge in [-0.05, 0) is 18.6 Å². The summed E-state index contributed by atoms with van der Waals surface area (Å²) in [6.07, 6.45) is 0.981. The SMILES string of the molecule is CCC(c1nc2ccccc2n1CC#N)N1CCOCC1. The van der Waals surface area contributed by atoms with Gasteiger partial charge in [0.25, 0.3) is 0 Å². The molecule has 1 saturated heterocycles. The molecule has 1 aromatic carbocycles. The van der Waals surface area contributed by atoms with Crippen LogP contribution in [0.15, 0.2) is 24.3 Å². The Morgan fingerprint density at radius 2 is 2.10 bits per heavy atom. The number of rotatable bonds is 4. The maximum absolute atomic E-state index is 9.15. The largest absolute Gasteiger partial charge is 0.379 e. The number of imidazole rings is 1. The minimum atomic E-state index is 0.245. The first-order valence-corrected chi connectivity index (χ1v) is 7.49. The molecule has 1 unspecified atom stereocenters. The van der Waals surface area contributed by atoms with Crippen molar-refractivity contribution in [3.8, 4) is 6.07 Å². The summed E-state index contributed by atoms with van der Waals surface area (Å²) in [5, 5.41) is 9.15. The molecule has 2 aromatic rings. The van der Waals surface area contributed by atoms with E-state index in [9.17, 15) is 0 Å². The van der Waals surface area contributed by atoms with Crippen molar-refractivity contribution in [3.05, 3.63) is 30.1 Å². The molecule has 2 heterocycles. The minimum Gasteiger partial charge on any atom is -0.379 e. The summed E-state index contributed by atoms with van der Waals surface area (Å²) in [5.41, 5.74) is 2.01. The van der Waals surface area contributed by atoms with Crippen LogP contribution in [0.4, 0.5) is 0 Å². The lowest BCUT2D eigenvalue weighted by Crippen LogP contribution is -2.39. The fourth-order valence-electron chi connectivity index (χ4n) is 3.08. The van der Waals surface area contributed by atoms with E-state index >= 15 is 0 Å². The van der Waals surface area contributed by atoms with Crippen molar-refractivity contribution >= 4 is 11.0 Å². The number of ether oxygens (including phenoxy) is 1. The highest BCUT2D eigenvalue weighted by Gasteiger charge is 2.26. The first-order chi connectivity index (χ1) is 10.3. The standard InChI is InChI=1S/C16H20N4O/c1-2-14(19-9-11-21-12-10-19)16-18-13-5-3-4-6-15(13)20(16)8-7-17/h3-6,14H,2,8-12H2,1H3. The Morgan fingerprint density at radius 1 is 1.33 bits per heavy atom. The molecular weight excluding hydrogens is 264 g/mol. The lowest BCUT2D eigenvalue weighted by molar-refractivity contribution is 0.0128. The van der Waals surface area contributed by atoms with Gasteiger partial charge in [0.1, 0.15) is 12.4 Å². The van der Waals surface area contributed by atoms with Gasteiger partial charge >= 0.3 is 0 Å². The summed E-state index contributed by atoms with van der Waals surface area (Å²) in [5.74, 6) is 1.00. The molecule has 1 aromatic heterocycles. The Hall–Kier alpha value is -1.90. The first kappa shape index (κ1) is 14.1. The second-order valence-electron chi connectivity index (χ2n) is 5.28. The molecule has 3 rings (SSSR count). The van der Waals surface area contributed by atoms with Gasteiger partial charge in [-0.15, -0.1) is 0 Å². The van der Waals surface area contributed by atoms with Crippen molar-refractivity contribution in [2.24, 2.45) is 0 Å². The molecule has 0 amide bonds. The van der Waals surface area contributed by atoms with Gasteiger partial charge in [0.05, 0.1) is 36.4 Å². The number of fused-ring (bicyclic) bond motifs is 1. The van der Waals surface area contributed by atoms with Gasteiger partial charge in [-0.3, -0.25) is 4.90 Å². The number of hydrogen-bond donors (Lipinski definition) is 0. The van der Waals surface area contributed by atoms with E-state index in [0.717, 1.165) is 49.6 Å². The lowest BCUT2D eigenvalue weighted by Gasteiger charge is -2.33. The van der Waals surface area contributed by atoms with Crippen LogP contribution in [0, 0.1) is 11.3 Å². The zero-order chi connectivity index (χ0) is 14.7. The molecule has 5 heteroatoms. The number of hydrogen-bond acceptors (Lipinski definition) is 4. The van der Waals surface area contributed by atoms with Crippen LogP contribution in [0.25, 0.3) is 11.0 Å². The van der Waals surface area contributed by atoms with Crippen LogP contribution in [0.3, 0.4) is 0 Å². The fourth-order valence-corrected chi connectivity index (χ4v) is 3.08. The number of nitrogens with zero attached hydrogens (tertiary/aromatic N) is 4. The van der Waals surface area contributed by atoms with E-state index in [2.05, 4.69) is 22.5 Å². The quantitative estimate of drug-likeness (QED) is 0.864. The van der Waals surface area contributed by atoms with Crippen molar-refractivity contribution in [1.82, 2.24) is 14.5 Å². The van der Waals surface area contributed by atoms with Gasteiger partial charge in [-0.1, -0.05) is 19.1 Å². The van der Waals surface area contributed by atoms with E-state index in [1.165, 1.54) is 0 Å². The Kier molecular flexibility index (Phi) is 4.18. The highest BCUT2D eigenvalue weighted by atomic mass is 16.5. The zero-order valence-corrected chi connectivity index (χ0v) is 12.3. The molecule has 1 aliphatic rings. The third-order valence-corrected chi connectivity index (χ3v) is 4.08. The smallest absolute Gasteiger partial charge is 0.128 e.